The quantitative estimate of drug-likeness (QED) is 0.877. The lowest BCUT2D eigenvalue weighted by Gasteiger charge is -2.30. The predicted octanol–water partition coefficient (Wildman–Crippen LogP) is 2.49. The number of ether oxygens (including phenoxy) is 1. The van der Waals surface area contributed by atoms with Gasteiger partial charge in [0, 0.05) is 0 Å². The lowest BCUT2D eigenvalue weighted by molar-refractivity contribution is 0.410. The molecule has 1 heterocycles. The second-order valence-electron chi connectivity index (χ2n) is 4.24. The molecule has 1 aromatic carbocycles. The average Bonchev–Trinajstić information content (AvgIpc) is 2.38. The van der Waals surface area contributed by atoms with Gasteiger partial charge in [0.1, 0.15) is 5.75 Å². The van der Waals surface area contributed by atoms with E-state index >= 15 is 0 Å². The van der Waals surface area contributed by atoms with E-state index in [0.717, 1.165) is 12.3 Å². The molecule has 88 valence electrons. The van der Waals surface area contributed by atoms with Gasteiger partial charge in [0.2, 0.25) is 0 Å². The summed E-state index contributed by atoms with van der Waals surface area (Å²) in [6.07, 6.45) is 1.24. The highest BCUT2D eigenvalue weighted by Crippen LogP contribution is 2.36. The normalized spacial score (nSPS) is 25.4. The predicted molar refractivity (Wildman–Crippen MR) is 70.2 cm³/mol. The third kappa shape index (κ3) is 2.53. The number of nitrogens with two attached hydrogens (primary N) is 1. The van der Waals surface area contributed by atoms with Crippen molar-refractivity contribution in [1.82, 2.24) is 0 Å². The Morgan fingerprint density at radius 3 is 3.12 bits per heavy atom. The van der Waals surface area contributed by atoms with Crippen molar-refractivity contribution in [1.29, 1.82) is 0 Å². The summed E-state index contributed by atoms with van der Waals surface area (Å²) in [5.74, 6) is 4.62. The van der Waals surface area contributed by atoms with Crippen molar-refractivity contribution in [2.75, 3.05) is 25.2 Å². The average molecular weight is 237 g/mol. The van der Waals surface area contributed by atoms with Crippen LogP contribution in [0.3, 0.4) is 0 Å². The standard InChI is InChI=1S/C13H19NOS/c1-15-12-4-2-3-10(7-12)13-5-6-16-9-11(13)8-14/h2-4,7,11,13H,5-6,8-9,14H2,1H3. The molecular formula is C13H19NOS. The van der Waals surface area contributed by atoms with Crippen LogP contribution >= 0.6 is 11.8 Å². The molecule has 16 heavy (non-hydrogen) atoms. The molecule has 2 atom stereocenters. The number of hydrogen-bond donors (Lipinski definition) is 1. The second-order valence-corrected chi connectivity index (χ2v) is 5.39. The third-order valence-electron chi connectivity index (χ3n) is 3.30. The molecule has 2 N–H and O–H groups in total. The first-order valence-corrected chi connectivity index (χ1v) is 6.92. The van der Waals surface area contributed by atoms with Gasteiger partial charge in [0.25, 0.3) is 0 Å². The van der Waals surface area contributed by atoms with Crippen molar-refractivity contribution in [2.24, 2.45) is 11.7 Å². The molecule has 2 nitrogen and oxygen atoms in total. The first-order chi connectivity index (χ1) is 7.85. The Morgan fingerprint density at radius 2 is 2.38 bits per heavy atom. The van der Waals surface area contributed by atoms with Crippen LogP contribution in [0.5, 0.6) is 5.75 Å². The lowest BCUT2D eigenvalue weighted by Crippen LogP contribution is -2.28. The molecule has 1 aromatic rings. The summed E-state index contributed by atoms with van der Waals surface area (Å²) < 4.78 is 5.28. The molecule has 0 amide bonds. The molecule has 2 unspecified atom stereocenters. The van der Waals surface area contributed by atoms with Crippen LogP contribution in [0.25, 0.3) is 0 Å². The lowest BCUT2D eigenvalue weighted by atomic mass is 9.84. The van der Waals surface area contributed by atoms with E-state index < -0.39 is 0 Å². The van der Waals surface area contributed by atoms with Gasteiger partial charge in [-0.15, -0.1) is 0 Å². The summed E-state index contributed by atoms with van der Waals surface area (Å²) in [5, 5.41) is 0. The molecule has 1 fully saturated rings. The summed E-state index contributed by atoms with van der Waals surface area (Å²) in [6, 6.07) is 8.43. The Labute approximate surface area is 102 Å². The summed E-state index contributed by atoms with van der Waals surface area (Å²) in [4.78, 5) is 0. The van der Waals surface area contributed by atoms with E-state index in [1.807, 2.05) is 17.8 Å². The first-order valence-electron chi connectivity index (χ1n) is 5.77. The van der Waals surface area contributed by atoms with Crippen molar-refractivity contribution in [3.63, 3.8) is 0 Å². The van der Waals surface area contributed by atoms with E-state index in [9.17, 15) is 0 Å². The minimum absolute atomic E-state index is 0.612. The number of thioether (sulfide) groups is 1. The minimum Gasteiger partial charge on any atom is -0.497 e. The molecule has 0 spiro atoms. The van der Waals surface area contributed by atoms with Crippen LogP contribution in [-0.2, 0) is 0 Å². The van der Waals surface area contributed by atoms with Crippen molar-refractivity contribution in [2.45, 2.75) is 12.3 Å². The molecule has 2 rings (SSSR count). The minimum atomic E-state index is 0.612. The fourth-order valence-electron chi connectivity index (χ4n) is 2.34. The van der Waals surface area contributed by atoms with E-state index in [-0.39, 0.29) is 0 Å². The Balaban J connectivity index is 2.20. The zero-order valence-electron chi connectivity index (χ0n) is 9.69. The van der Waals surface area contributed by atoms with E-state index in [2.05, 4.69) is 18.2 Å². The number of hydrogen-bond acceptors (Lipinski definition) is 3. The fourth-order valence-corrected chi connectivity index (χ4v) is 3.60. The Kier molecular flexibility index (Phi) is 4.13. The second kappa shape index (κ2) is 5.60. The smallest absolute Gasteiger partial charge is 0.119 e. The highest BCUT2D eigenvalue weighted by molar-refractivity contribution is 7.99. The van der Waals surface area contributed by atoms with Crippen LogP contribution in [-0.4, -0.2) is 25.2 Å². The molecule has 0 bridgehead atoms. The summed E-state index contributed by atoms with van der Waals surface area (Å²) in [6.45, 7) is 0.787. The molecule has 1 aliphatic heterocycles. The van der Waals surface area contributed by atoms with Gasteiger partial charge in [0.05, 0.1) is 7.11 Å². The summed E-state index contributed by atoms with van der Waals surface area (Å²) >= 11 is 2.02. The highest BCUT2D eigenvalue weighted by atomic mass is 32.2. The Hall–Kier alpha value is -0.670. The van der Waals surface area contributed by atoms with Crippen LogP contribution in [0.4, 0.5) is 0 Å². The van der Waals surface area contributed by atoms with Gasteiger partial charge in [-0.2, -0.15) is 11.8 Å². The summed E-state index contributed by atoms with van der Waals surface area (Å²) in [7, 11) is 1.72. The van der Waals surface area contributed by atoms with Crippen molar-refractivity contribution in [3.8, 4) is 5.75 Å². The van der Waals surface area contributed by atoms with Crippen LogP contribution in [0.2, 0.25) is 0 Å². The SMILES string of the molecule is COc1cccc(C2CCSCC2CN)c1. The molecule has 0 aliphatic carbocycles. The van der Waals surface area contributed by atoms with E-state index in [0.29, 0.717) is 11.8 Å². The molecule has 0 saturated carbocycles. The monoisotopic (exact) mass is 237 g/mol. The number of rotatable bonds is 3. The van der Waals surface area contributed by atoms with E-state index in [1.54, 1.807) is 7.11 Å². The molecular weight excluding hydrogens is 218 g/mol. The van der Waals surface area contributed by atoms with Crippen LogP contribution < -0.4 is 10.5 Å². The van der Waals surface area contributed by atoms with Gasteiger partial charge in [-0.05, 0) is 54.0 Å². The molecule has 0 radical (unpaired) electrons. The van der Waals surface area contributed by atoms with Crippen molar-refractivity contribution < 1.29 is 4.74 Å². The van der Waals surface area contributed by atoms with Crippen LogP contribution in [0.1, 0.15) is 17.9 Å². The van der Waals surface area contributed by atoms with E-state index in [4.69, 9.17) is 10.5 Å². The maximum Gasteiger partial charge on any atom is 0.119 e. The zero-order valence-corrected chi connectivity index (χ0v) is 10.5. The maximum atomic E-state index is 5.86. The van der Waals surface area contributed by atoms with Gasteiger partial charge in [-0.25, -0.2) is 0 Å². The van der Waals surface area contributed by atoms with Crippen molar-refractivity contribution >= 4 is 11.8 Å². The Morgan fingerprint density at radius 1 is 1.50 bits per heavy atom. The van der Waals surface area contributed by atoms with E-state index in [1.165, 1.54) is 23.5 Å². The topological polar surface area (TPSA) is 35.2 Å². The van der Waals surface area contributed by atoms with Gasteiger partial charge >= 0.3 is 0 Å². The fraction of sp³-hybridized carbons (Fsp3) is 0.538. The zero-order chi connectivity index (χ0) is 11.4. The third-order valence-corrected chi connectivity index (χ3v) is 4.49. The van der Waals surface area contributed by atoms with Crippen molar-refractivity contribution in [3.05, 3.63) is 29.8 Å². The molecule has 3 heteroatoms. The highest BCUT2D eigenvalue weighted by Gasteiger charge is 2.25. The molecule has 1 aliphatic rings. The van der Waals surface area contributed by atoms with Crippen LogP contribution in [0, 0.1) is 5.92 Å². The van der Waals surface area contributed by atoms with Crippen LogP contribution in [0.15, 0.2) is 24.3 Å². The number of methoxy groups -OCH3 is 1. The largest absolute Gasteiger partial charge is 0.497 e. The molecule has 1 saturated heterocycles. The Bertz CT molecular complexity index is 342. The van der Waals surface area contributed by atoms with Gasteiger partial charge in [0.15, 0.2) is 0 Å². The molecule has 0 aromatic heterocycles. The van der Waals surface area contributed by atoms with Gasteiger partial charge < -0.3 is 10.5 Å². The number of benzene rings is 1. The van der Waals surface area contributed by atoms with Gasteiger partial charge in [-0.3, -0.25) is 0 Å². The summed E-state index contributed by atoms with van der Waals surface area (Å²) in [5.41, 5.74) is 7.24. The van der Waals surface area contributed by atoms with Gasteiger partial charge in [-0.1, -0.05) is 12.1 Å². The first kappa shape index (κ1) is 11.8. The maximum absolute atomic E-state index is 5.86.